The van der Waals surface area contributed by atoms with Crippen LogP contribution in [-0.2, 0) is 4.79 Å². The summed E-state index contributed by atoms with van der Waals surface area (Å²) >= 11 is 3.21. The van der Waals surface area contributed by atoms with Crippen molar-refractivity contribution in [3.63, 3.8) is 0 Å². The van der Waals surface area contributed by atoms with Gasteiger partial charge in [-0.2, -0.15) is 13.2 Å². The van der Waals surface area contributed by atoms with Crippen molar-refractivity contribution in [2.24, 2.45) is 0 Å². The number of hydrogen-bond donors (Lipinski definition) is 1. The molecular weight excluding hydrogens is 313 g/mol. The molecule has 0 aromatic heterocycles. The maximum Gasteiger partial charge on any atom is 0.389 e. The lowest BCUT2D eigenvalue weighted by atomic mass is 9.93. The molecule has 1 aromatic rings. The van der Waals surface area contributed by atoms with Gasteiger partial charge < -0.3 is 5.11 Å². The van der Waals surface area contributed by atoms with Gasteiger partial charge in [0.1, 0.15) is 0 Å². The van der Waals surface area contributed by atoms with Crippen LogP contribution in [-0.4, -0.2) is 17.3 Å². The summed E-state index contributed by atoms with van der Waals surface area (Å²) in [7, 11) is 0. The van der Waals surface area contributed by atoms with Crippen LogP contribution in [0.15, 0.2) is 28.7 Å². The summed E-state index contributed by atoms with van der Waals surface area (Å²) in [4.78, 5) is 11.1. The third kappa shape index (κ3) is 5.08. The summed E-state index contributed by atoms with van der Waals surface area (Å²) in [6.45, 7) is 0. The molecular formula is C12H12BrF3O2. The van der Waals surface area contributed by atoms with E-state index in [2.05, 4.69) is 15.9 Å². The van der Waals surface area contributed by atoms with E-state index in [-0.39, 0.29) is 12.8 Å². The van der Waals surface area contributed by atoms with Gasteiger partial charge >= 0.3 is 12.1 Å². The van der Waals surface area contributed by atoms with Crippen molar-refractivity contribution < 1.29 is 23.1 Å². The molecule has 1 rings (SSSR count). The molecule has 0 aliphatic heterocycles. The maximum atomic E-state index is 12.0. The fourth-order valence-electron chi connectivity index (χ4n) is 1.66. The molecule has 0 amide bonds. The van der Waals surface area contributed by atoms with E-state index in [1.54, 1.807) is 24.3 Å². The van der Waals surface area contributed by atoms with E-state index in [1.807, 2.05) is 0 Å². The zero-order valence-corrected chi connectivity index (χ0v) is 11.0. The number of alkyl halides is 3. The zero-order chi connectivity index (χ0) is 13.8. The molecule has 2 nitrogen and oxygen atoms in total. The molecule has 0 aliphatic carbocycles. The summed E-state index contributed by atoms with van der Waals surface area (Å²) in [5.74, 6) is -2.00. The van der Waals surface area contributed by atoms with E-state index in [1.165, 1.54) is 0 Å². The fourth-order valence-corrected chi connectivity index (χ4v) is 2.08. The minimum Gasteiger partial charge on any atom is -0.481 e. The van der Waals surface area contributed by atoms with Gasteiger partial charge in [-0.25, -0.2) is 0 Å². The van der Waals surface area contributed by atoms with Gasteiger partial charge in [0.05, 0.1) is 5.92 Å². The number of hydrogen-bond acceptors (Lipinski definition) is 1. The number of carbonyl (C=O) groups is 1. The summed E-state index contributed by atoms with van der Waals surface area (Å²) in [6, 6.07) is 6.63. The van der Waals surface area contributed by atoms with Gasteiger partial charge in [-0.05, 0) is 30.5 Å². The number of halogens is 4. The lowest BCUT2D eigenvalue weighted by Gasteiger charge is -2.13. The van der Waals surface area contributed by atoms with E-state index in [0.717, 1.165) is 0 Å². The van der Waals surface area contributed by atoms with Gasteiger partial charge in [0.25, 0.3) is 0 Å². The molecule has 100 valence electrons. The second-order valence-corrected chi connectivity index (χ2v) is 4.87. The molecule has 0 aliphatic rings. The highest BCUT2D eigenvalue weighted by atomic mass is 79.9. The monoisotopic (exact) mass is 324 g/mol. The Kier molecular flexibility index (Phi) is 5.19. The number of aliphatic carboxylic acids is 1. The molecule has 6 heteroatoms. The summed E-state index contributed by atoms with van der Waals surface area (Å²) in [6.07, 6.45) is -5.40. The van der Waals surface area contributed by atoms with Gasteiger partial charge in [-0.15, -0.1) is 0 Å². The van der Waals surface area contributed by atoms with E-state index in [0.29, 0.717) is 10.0 Å². The van der Waals surface area contributed by atoms with E-state index < -0.39 is 24.5 Å². The van der Waals surface area contributed by atoms with Gasteiger partial charge in [0.15, 0.2) is 0 Å². The number of rotatable bonds is 5. The predicted molar refractivity (Wildman–Crippen MR) is 64.4 cm³/mol. The van der Waals surface area contributed by atoms with Gasteiger partial charge in [-0.1, -0.05) is 28.1 Å². The largest absolute Gasteiger partial charge is 0.481 e. The minimum atomic E-state index is -4.24. The highest BCUT2D eigenvalue weighted by Gasteiger charge is 2.28. The van der Waals surface area contributed by atoms with Crippen molar-refractivity contribution in [2.45, 2.75) is 31.4 Å². The molecule has 0 radical (unpaired) electrons. The third-order valence-corrected chi connectivity index (χ3v) is 3.00. The van der Waals surface area contributed by atoms with Crippen LogP contribution < -0.4 is 0 Å². The average Bonchev–Trinajstić information content (AvgIpc) is 2.22. The predicted octanol–water partition coefficient (Wildman–Crippen LogP) is 4.35. The molecule has 0 fully saturated rings. The summed E-state index contributed by atoms with van der Waals surface area (Å²) in [5, 5.41) is 9.05. The van der Waals surface area contributed by atoms with E-state index >= 15 is 0 Å². The van der Waals surface area contributed by atoms with Crippen LogP contribution in [0.1, 0.15) is 30.7 Å². The number of carboxylic acid groups (broad SMARTS) is 1. The Morgan fingerprint density at radius 3 is 2.56 bits per heavy atom. The second-order valence-electron chi connectivity index (χ2n) is 3.95. The number of carboxylic acids is 1. The first-order valence-corrected chi connectivity index (χ1v) is 6.14. The quantitative estimate of drug-likeness (QED) is 0.874. The fraction of sp³-hybridized carbons (Fsp3) is 0.417. The Bertz CT molecular complexity index is 418. The summed E-state index contributed by atoms with van der Waals surface area (Å²) in [5.41, 5.74) is 0.513. The van der Waals surface area contributed by atoms with Crippen molar-refractivity contribution in [3.05, 3.63) is 34.3 Å². The van der Waals surface area contributed by atoms with Crippen LogP contribution in [0.2, 0.25) is 0 Å². The van der Waals surface area contributed by atoms with Gasteiger partial charge in [-0.3, -0.25) is 4.79 Å². The smallest absolute Gasteiger partial charge is 0.389 e. The number of benzene rings is 1. The molecule has 0 saturated heterocycles. The molecule has 18 heavy (non-hydrogen) atoms. The van der Waals surface area contributed by atoms with Crippen molar-refractivity contribution in [1.29, 1.82) is 0 Å². The van der Waals surface area contributed by atoms with Crippen molar-refractivity contribution in [1.82, 2.24) is 0 Å². The van der Waals surface area contributed by atoms with Gasteiger partial charge in [0.2, 0.25) is 0 Å². The average molecular weight is 325 g/mol. The highest BCUT2D eigenvalue weighted by Crippen LogP contribution is 2.28. The Morgan fingerprint density at radius 1 is 1.39 bits per heavy atom. The Balaban J connectivity index is 2.69. The molecule has 0 heterocycles. The Labute approximate surface area is 111 Å². The van der Waals surface area contributed by atoms with Crippen molar-refractivity contribution >= 4 is 21.9 Å². The van der Waals surface area contributed by atoms with Crippen LogP contribution in [0.5, 0.6) is 0 Å². The first kappa shape index (κ1) is 15.0. The van der Waals surface area contributed by atoms with E-state index in [4.69, 9.17) is 5.11 Å². The van der Waals surface area contributed by atoms with Crippen molar-refractivity contribution in [2.75, 3.05) is 0 Å². The summed E-state index contributed by atoms with van der Waals surface area (Å²) < 4.78 is 36.8. The first-order chi connectivity index (χ1) is 8.29. The first-order valence-electron chi connectivity index (χ1n) is 5.34. The van der Waals surface area contributed by atoms with Crippen LogP contribution in [0, 0.1) is 0 Å². The van der Waals surface area contributed by atoms with Crippen LogP contribution >= 0.6 is 15.9 Å². The van der Waals surface area contributed by atoms with Crippen LogP contribution in [0.4, 0.5) is 13.2 Å². The lowest BCUT2D eigenvalue weighted by molar-refractivity contribution is -0.142. The molecule has 1 atom stereocenters. The topological polar surface area (TPSA) is 37.3 Å². The molecule has 1 aromatic carbocycles. The minimum absolute atomic E-state index is 0.0225. The van der Waals surface area contributed by atoms with E-state index in [9.17, 15) is 18.0 Å². The molecule has 0 saturated carbocycles. The normalized spacial score (nSPS) is 13.3. The Morgan fingerprint density at radius 2 is 2.06 bits per heavy atom. The van der Waals surface area contributed by atoms with Gasteiger partial charge in [0, 0.05) is 10.9 Å². The lowest BCUT2D eigenvalue weighted by Crippen LogP contribution is -2.14. The SMILES string of the molecule is O=C(O)C(CCCC(F)(F)F)c1cccc(Br)c1. The second kappa shape index (κ2) is 6.22. The zero-order valence-electron chi connectivity index (χ0n) is 9.38. The van der Waals surface area contributed by atoms with Crippen LogP contribution in [0.25, 0.3) is 0 Å². The third-order valence-electron chi connectivity index (χ3n) is 2.50. The Hall–Kier alpha value is -1.04. The van der Waals surface area contributed by atoms with Crippen molar-refractivity contribution in [3.8, 4) is 0 Å². The molecule has 0 spiro atoms. The highest BCUT2D eigenvalue weighted by molar-refractivity contribution is 9.10. The maximum absolute atomic E-state index is 12.0. The molecule has 1 unspecified atom stereocenters. The standard InChI is InChI=1S/C12H12BrF3O2/c13-9-4-1-3-8(7-9)10(11(17)18)5-2-6-12(14,15)16/h1,3-4,7,10H,2,5-6H2,(H,17,18). The molecule has 1 N–H and O–H groups in total. The van der Waals surface area contributed by atoms with Crippen LogP contribution in [0.3, 0.4) is 0 Å². The molecule has 0 bridgehead atoms.